The van der Waals surface area contributed by atoms with Crippen molar-refractivity contribution in [2.45, 2.75) is 0 Å². The minimum atomic E-state index is -4.90. The molecular formula is C36F30I2P2Pt. The Kier molecular flexibility index (Phi) is 19.2. The standard InChI is InChI=1S/2C18F15P.2HI.Pt/c2*19-1-4(22)10(28)16(11(29)5(1)23)34(17-12(30)6(24)2(20)7(25)13(17)31)18-14(32)8(26)3(21)9(27)15(18)33;;;/h;;2*1H;/q;;;;+2/p-2. The Morgan fingerprint density at radius 2 is 0.211 bits per heavy atom. The molecule has 0 aromatic heterocycles. The van der Waals surface area contributed by atoms with Crippen LogP contribution in [0, 0.1) is 175 Å². The molecule has 35 heteroatoms. The number of halogens is 32. The van der Waals surface area contributed by atoms with Crippen molar-refractivity contribution in [1.29, 1.82) is 0 Å². The van der Waals surface area contributed by atoms with Crippen LogP contribution in [0.2, 0.25) is 0 Å². The van der Waals surface area contributed by atoms with Crippen LogP contribution in [0.25, 0.3) is 0 Å². The minimum absolute atomic E-state index is 0.523. The van der Waals surface area contributed by atoms with E-state index >= 15 is 0 Å². The van der Waals surface area contributed by atoms with Gasteiger partial charge < -0.3 is 0 Å². The molecule has 0 unspecified atom stereocenters. The van der Waals surface area contributed by atoms with Crippen LogP contribution in [0.3, 0.4) is 0 Å². The normalized spacial score (nSPS) is 11.5. The summed E-state index contributed by atoms with van der Waals surface area (Å²) in [5.74, 6) is -89.8. The van der Waals surface area contributed by atoms with E-state index in [0.717, 1.165) is 0 Å². The van der Waals surface area contributed by atoms with Crippen molar-refractivity contribution in [2.75, 3.05) is 0 Å². The molecule has 0 fully saturated rings. The van der Waals surface area contributed by atoms with Crippen molar-refractivity contribution in [3.63, 3.8) is 0 Å². The molecule has 71 heavy (non-hydrogen) atoms. The van der Waals surface area contributed by atoms with Crippen LogP contribution in [0.5, 0.6) is 0 Å². The first-order valence-electron chi connectivity index (χ1n) is 16.3. The summed E-state index contributed by atoms with van der Waals surface area (Å²) < 4.78 is 417. The Bertz CT molecular complexity index is 2480. The van der Waals surface area contributed by atoms with Gasteiger partial charge in [-0.3, -0.25) is 0 Å². The van der Waals surface area contributed by atoms with Crippen LogP contribution in [-0.4, -0.2) is 0 Å². The monoisotopic (exact) mass is 1510 g/mol. The number of hydrogen-bond donors (Lipinski definition) is 0. The molecule has 0 aliphatic carbocycles. The van der Waals surface area contributed by atoms with Crippen molar-refractivity contribution in [2.24, 2.45) is 0 Å². The van der Waals surface area contributed by atoms with Crippen molar-refractivity contribution in [3.05, 3.63) is 175 Å². The Labute approximate surface area is 401 Å². The van der Waals surface area contributed by atoms with E-state index in [2.05, 4.69) is 38.7 Å². The summed E-state index contributed by atoms with van der Waals surface area (Å²) in [5.41, 5.74) is 0. The van der Waals surface area contributed by atoms with Gasteiger partial charge in [-0.2, -0.15) is 0 Å². The SMILES string of the molecule is Fc1c(F)c(F)c(P(c2c(F)c(F)c(F)c(F)c2F)c2c(F)c(F)c(F)c(F)c2F)c(F)c1F.Fc1c(F)c(F)c(P(c2c(F)c(F)c(F)c(F)c2F)c2c(F)c(F)c(F)c(F)c2F)c(F)c1F.[I][Pt][I]. The van der Waals surface area contributed by atoms with E-state index in [0.29, 0.717) is 11.2 Å². The van der Waals surface area contributed by atoms with Crippen LogP contribution in [0.4, 0.5) is 132 Å². The van der Waals surface area contributed by atoms with Gasteiger partial charge in [0.2, 0.25) is 34.9 Å². The van der Waals surface area contributed by atoms with E-state index in [1.807, 2.05) is 0 Å². The summed E-state index contributed by atoms with van der Waals surface area (Å²) >= 11 is 5.30. The fraction of sp³-hybridized carbons (Fsp3) is 0. The molecule has 0 N–H and O–H groups in total. The zero-order valence-corrected chi connectivity index (χ0v) is 39.7. The Morgan fingerprint density at radius 1 is 0.155 bits per heavy atom. The molecule has 0 aliphatic rings. The first-order valence-corrected chi connectivity index (χ1v) is 31.8. The van der Waals surface area contributed by atoms with Crippen LogP contribution in [0.15, 0.2) is 0 Å². The quantitative estimate of drug-likeness (QED) is 0.0513. The number of benzene rings is 6. The predicted molar refractivity (Wildman–Crippen MR) is 197 cm³/mol. The Morgan fingerprint density at radius 3 is 0.282 bits per heavy atom. The van der Waals surface area contributed by atoms with Crippen LogP contribution in [-0.2, 0) is 11.2 Å². The second-order valence-electron chi connectivity index (χ2n) is 12.2. The second kappa shape index (κ2) is 22.8. The Balaban J connectivity index is 0.000000292. The van der Waals surface area contributed by atoms with E-state index in [1.54, 1.807) is 0 Å². The first-order chi connectivity index (χ1) is 32.7. The van der Waals surface area contributed by atoms with Crippen molar-refractivity contribution < 1.29 is 143 Å². The Hall–Kier alpha value is -3.77. The first kappa shape index (κ1) is 59.8. The van der Waals surface area contributed by atoms with Gasteiger partial charge in [0.05, 0.1) is 31.8 Å². The molecule has 6 aromatic carbocycles. The molecule has 0 bridgehead atoms. The van der Waals surface area contributed by atoms with Gasteiger partial charge in [-0.15, -0.1) is 0 Å². The van der Waals surface area contributed by atoms with Gasteiger partial charge in [-0.25, -0.2) is 132 Å². The van der Waals surface area contributed by atoms with E-state index in [4.69, 9.17) is 0 Å². The molecule has 0 radical (unpaired) electrons. The van der Waals surface area contributed by atoms with Gasteiger partial charge in [0.15, 0.2) is 140 Å². The van der Waals surface area contributed by atoms with E-state index in [-0.39, 0.29) is 0 Å². The fourth-order valence-corrected chi connectivity index (χ4v) is 10.3. The molecule has 0 heterocycles. The zero-order chi connectivity index (χ0) is 54.6. The van der Waals surface area contributed by atoms with Gasteiger partial charge in [0.25, 0.3) is 0 Å². The molecule has 0 nitrogen and oxygen atoms in total. The molecule has 6 rings (SSSR count). The summed E-state index contributed by atoms with van der Waals surface area (Å²) in [6.45, 7) is 0. The summed E-state index contributed by atoms with van der Waals surface area (Å²) in [6.07, 6.45) is 0. The summed E-state index contributed by atoms with van der Waals surface area (Å²) in [4.78, 5) is 0. The van der Waals surface area contributed by atoms with Gasteiger partial charge in [0, 0.05) is 15.8 Å². The molecule has 0 aliphatic heterocycles. The fourth-order valence-electron chi connectivity index (χ4n) is 5.41. The van der Waals surface area contributed by atoms with Crippen LogP contribution < -0.4 is 31.8 Å². The van der Waals surface area contributed by atoms with Gasteiger partial charge in [-0.05, 0) is 0 Å². The van der Waals surface area contributed by atoms with Gasteiger partial charge in [0.1, 0.15) is 0 Å². The molecule has 6 aromatic rings. The van der Waals surface area contributed by atoms with Crippen molar-refractivity contribution in [3.8, 4) is 0 Å². The summed E-state index contributed by atoms with van der Waals surface area (Å²) in [6, 6.07) is 0. The molecule has 0 saturated heterocycles. The van der Waals surface area contributed by atoms with Gasteiger partial charge in [-0.1, -0.05) is 0 Å². The number of rotatable bonds is 6. The van der Waals surface area contributed by atoms with Gasteiger partial charge >= 0.3 is 49.9 Å². The van der Waals surface area contributed by atoms with E-state index in [1.165, 1.54) is 0 Å². The van der Waals surface area contributed by atoms with Crippen LogP contribution >= 0.6 is 54.5 Å². The van der Waals surface area contributed by atoms with Crippen molar-refractivity contribution in [1.82, 2.24) is 0 Å². The summed E-state index contributed by atoms with van der Waals surface area (Å²) in [7, 11) is -9.79. The third-order valence-electron chi connectivity index (χ3n) is 8.46. The van der Waals surface area contributed by atoms with E-state index in [9.17, 15) is 132 Å². The molecule has 0 spiro atoms. The second-order valence-corrected chi connectivity index (χ2v) is 32.8. The topological polar surface area (TPSA) is 0 Å². The molecule has 0 saturated carbocycles. The molecule has 0 atom stereocenters. The van der Waals surface area contributed by atoms with E-state index < -0.39 is 222 Å². The summed E-state index contributed by atoms with van der Waals surface area (Å²) in [5, 5.41) is -15.7. The zero-order valence-electron chi connectivity index (χ0n) is 31.3. The average molecular weight is 1510 g/mol. The predicted octanol–water partition coefficient (Wildman–Crippen LogP) is 12.8. The molecule has 0 amide bonds. The molecular weight excluding hydrogens is 1510 g/mol. The maximum atomic E-state index is 14.4. The third-order valence-corrected chi connectivity index (χ3v) is 13.5. The third kappa shape index (κ3) is 10.1. The molecule has 388 valence electrons. The average Bonchev–Trinajstić information content (AvgIpc) is 3.34. The maximum absolute atomic E-state index is 14.4. The number of hydrogen-bond acceptors (Lipinski definition) is 0. The van der Waals surface area contributed by atoms with Crippen molar-refractivity contribution >= 4 is 86.4 Å². The van der Waals surface area contributed by atoms with Crippen LogP contribution in [0.1, 0.15) is 0 Å².